The Morgan fingerprint density at radius 3 is 2.60 bits per heavy atom. The van der Waals surface area contributed by atoms with Gasteiger partial charge in [0, 0.05) is 0 Å². The van der Waals surface area contributed by atoms with Crippen molar-refractivity contribution in [2.24, 2.45) is 0 Å². The van der Waals surface area contributed by atoms with Gasteiger partial charge in [0.25, 0.3) is 0 Å². The van der Waals surface area contributed by atoms with Crippen LogP contribution in [0, 0.1) is 5.82 Å². The molecule has 0 aliphatic rings. The van der Waals surface area contributed by atoms with Crippen molar-refractivity contribution in [1.82, 2.24) is 5.32 Å². The normalized spacial score (nSPS) is 11.8. The second kappa shape index (κ2) is 5.08. The van der Waals surface area contributed by atoms with Crippen LogP contribution in [0.1, 0.15) is 25.8 Å². The third kappa shape index (κ3) is 3.28. The van der Waals surface area contributed by atoms with Gasteiger partial charge in [0.2, 0.25) is 0 Å². The molecule has 0 aromatic heterocycles. The van der Waals surface area contributed by atoms with Crippen LogP contribution in [-0.4, -0.2) is 13.6 Å². The molecule has 0 saturated heterocycles. The maximum Gasteiger partial charge on any atom is 0.137 e. The fourth-order valence-electron chi connectivity index (χ4n) is 1.50. The lowest BCUT2D eigenvalue weighted by Gasteiger charge is -2.25. The molecule has 0 heterocycles. The monoisotopic (exact) mass is 273 g/mol. The average Bonchev–Trinajstić information content (AvgIpc) is 2.19. The standard InChI is InChI=1S/C12H17BrFN/c1-12(2,6-7-15-3)9-4-5-11(14)10(13)8-9/h4-5,8,15H,6-7H2,1-3H3. The van der Waals surface area contributed by atoms with Crippen LogP contribution >= 0.6 is 15.9 Å². The molecule has 0 saturated carbocycles. The van der Waals surface area contributed by atoms with E-state index >= 15 is 0 Å². The third-order valence-corrected chi connectivity index (χ3v) is 3.31. The second-order valence-corrected chi connectivity index (χ2v) is 5.22. The Hall–Kier alpha value is -0.410. The summed E-state index contributed by atoms with van der Waals surface area (Å²) in [5.74, 6) is -0.205. The molecule has 0 atom stereocenters. The number of hydrogen-bond acceptors (Lipinski definition) is 1. The van der Waals surface area contributed by atoms with E-state index in [1.54, 1.807) is 0 Å². The molecule has 1 nitrogen and oxygen atoms in total. The van der Waals surface area contributed by atoms with Crippen LogP contribution in [0.3, 0.4) is 0 Å². The van der Waals surface area contributed by atoms with Gasteiger partial charge in [-0.3, -0.25) is 0 Å². The molecule has 0 unspecified atom stereocenters. The van der Waals surface area contributed by atoms with Crippen molar-refractivity contribution < 1.29 is 4.39 Å². The summed E-state index contributed by atoms with van der Waals surface area (Å²) in [7, 11) is 1.94. The summed E-state index contributed by atoms with van der Waals surface area (Å²) in [6.45, 7) is 5.30. The third-order valence-electron chi connectivity index (χ3n) is 2.70. The molecular formula is C12H17BrFN. The lowest BCUT2D eigenvalue weighted by Crippen LogP contribution is -2.23. The second-order valence-electron chi connectivity index (χ2n) is 4.37. The fraction of sp³-hybridized carbons (Fsp3) is 0.500. The van der Waals surface area contributed by atoms with E-state index in [-0.39, 0.29) is 11.2 Å². The molecule has 0 radical (unpaired) electrons. The molecule has 0 aliphatic carbocycles. The highest BCUT2D eigenvalue weighted by atomic mass is 79.9. The molecule has 15 heavy (non-hydrogen) atoms. The average molecular weight is 274 g/mol. The Bertz CT molecular complexity index is 336. The Morgan fingerprint density at radius 1 is 1.40 bits per heavy atom. The zero-order valence-electron chi connectivity index (χ0n) is 9.40. The molecule has 0 fully saturated rings. The van der Waals surface area contributed by atoms with Gasteiger partial charge in [0.05, 0.1) is 4.47 Å². The predicted molar refractivity (Wildman–Crippen MR) is 65.7 cm³/mol. The smallest absolute Gasteiger partial charge is 0.137 e. The highest BCUT2D eigenvalue weighted by molar-refractivity contribution is 9.10. The van der Waals surface area contributed by atoms with E-state index in [9.17, 15) is 4.39 Å². The quantitative estimate of drug-likeness (QED) is 0.886. The molecule has 1 aromatic rings. The Labute approximate surface area is 99.2 Å². The minimum atomic E-state index is -0.205. The van der Waals surface area contributed by atoms with Crippen molar-refractivity contribution in [2.45, 2.75) is 25.7 Å². The van der Waals surface area contributed by atoms with Gasteiger partial charge < -0.3 is 5.32 Å². The topological polar surface area (TPSA) is 12.0 Å². The summed E-state index contributed by atoms with van der Waals surface area (Å²) in [6, 6.07) is 5.24. The van der Waals surface area contributed by atoms with E-state index < -0.39 is 0 Å². The summed E-state index contributed by atoms with van der Waals surface area (Å²) in [5, 5.41) is 3.13. The molecule has 84 valence electrons. The van der Waals surface area contributed by atoms with E-state index in [0.717, 1.165) is 18.5 Å². The fourth-order valence-corrected chi connectivity index (χ4v) is 1.88. The summed E-state index contributed by atoms with van der Waals surface area (Å²) < 4.78 is 13.6. The first kappa shape index (κ1) is 12.7. The number of rotatable bonds is 4. The van der Waals surface area contributed by atoms with E-state index in [1.165, 1.54) is 6.07 Å². The Kier molecular flexibility index (Phi) is 4.29. The number of nitrogens with one attached hydrogen (secondary N) is 1. The van der Waals surface area contributed by atoms with Gasteiger partial charge in [-0.2, -0.15) is 0 Å². The van der Waals surface area contributed by atoms with Crippen LogP contribution in [0.4, 0.5) is 4.39 Å². The van der Waals surface area contributed by atoms with Gasteiger partial charge in [-0.1, -0.05) is 19.9 Å². The summed E-state index contributed by atoms with van der Waals surface area (Å²) >= 11 is 3.22. The van der Waals surface area contributed by atoms with E-state index in [0.29, 0.717) is 4.47 Å². The maximum absolute atomic E-state index is 13.1. The van der Waals surface area contributed by atoms with Crippen molar-refractivity contribution in [3.63, 3.8) is 0 Å². The first-order chi connectivity index (χ1) is 6.97. The number of halogens is 2. The van der Waals surface area contributed by atoms with Gasteiger partial charge in [0.1, 0.15) is 5.82 Å². The highest BCUT2D eigenvalue weighted by Gasteiger charge is 2.20. The van der Waals surface area contributed by atoms with Gasteiger partial charge in [0.15, 0.2) is 0 Å². The summed E-state index contributed by atoms with van der Waals surface area (Å²) in [6.07, 6.45) is 1.03. The maximum atomic E-state index is 13.1. The lowest BCUT2D eigenvalue weighted by atomic mass is 9.81. The molecule has 1 N–H and O–H groups in total. The van der Waals surface area contributed by atoms with Crippen molar-refractivity contribution >= 4 is 15.9 Å². The first-order valence-electron chi connectivity index (χ1n) is 5.07. The minimum absolute atomic E-state index is 0.0687. The van der Waals surface area contributed by atoms with Crippen LogP contribution in [0.2, 0.25) is 0 Å². The van der Waals surface area contributed by atoms with Crippen molar-refractivity contribution in [1.29, 1.82) is 0 Å². The Morgan fingerprint density at radius 2 is 2.07 bits per heavy atom. The SMILES string of the molecule is CNCCC(C)(C)c1ccc(F)c(Br)c1. The van der Waals surface area contributed by atoms with Crippen LogP contribution in [0.5, 0.6) is 0 Å². The minimum Gasteiger partial charge on any atom is -0.320 e. The van der Waals surface area contributed by atoms with Crippen LogP contribution in [-0.2, 0) is 5.41 Å². The zero-order chi connectivity index (χ0) is 11.5. The zero-order valence-corrected chi connectivity index (χ0v) is 11.0. The van der Waals surface area contributed by atoms with E-state index in [1.807, 2.05) is 19.2 Å². The molecule has 1 aromatic carbocycles. The van der Waals surface area contributed by atoms with Crippen molar-refractivity contribution in [3.8, 4) is 0 Å². The van der Waals surface area contributed by atoms with Crippen LogP contribution in [0.25, 0.3) is 0 Å². The molecule has 0 amide bonds. The van der Waals surface area contributed by atoms with Gasteiger partial charge >= 0.3 is 0 Å². The Balaban J connectivity index is 2.89. The predicted octanol–water partition coefficient (Wildman–Crippen LogP) is 3.48. The molecule has 1 rings (SSSR count). The van der Waals surface area contributed by atoms with Gasteiger partial charge in [-0.25, -0.2) is 4.39 Å². The summed E-state index contributed by atoms with van der Waals surface area (Å²) in [4.78, 5) is 0. The molecule has 0 bridgehead atoms. The first-order valence-corrected chi connectivity index (χ1v) is 5.87. The number of hydrogen-bond donors (Lipinski definition) is 1. The highest BCUT2D eigenvalue weighted by Crippen LogP contribution is 2.29. The molecule has 0 spiro atoms. The lowest BCUT2D eigenvalue weighted by molar-refractivity contribution is 0.467. The molecule has 3 heteroatoms. The van der Waals surface area contributed by atoms with Crippen LogP contribution in [0.15, 0.2) is 22.7 Å². The largest absolute Gasteiger partial charge is 0.320 e. The van der Waals surface area contributed by atoms with Crippen molar-refractivity contribution in [2.75, 3.05) is 13.6 Å². The number of benzene rings is 1. The van der Waals surface area contributed by atoms with E-state index in [2.05, 4.69) is 35.1 Å². The molecule has 0 aliphatic heterocycles. The summed E-state index contributed by atoms with van der Waals surface area (Å²) in [5.41, 5.74) is 1.23. The van der Waals surface area contributed by atoms with Gasteiger partial charge in [-0.15, -0.1) is 0 Å². The van der Waals surface area contributed by atoms with Gasteiger partial charge in [-0.05, 0) is 59.1 Å². The van der Waals surface area contributed by atoms with E-state index in [4.69, 9.17) is 0 Å². The molecular weight excluding hydrogens is 257 g/mol. The van der Waals surface area contributed by atoms with Crippen molar-refractivity contribution in [3.05, 3.63) is 34.1 Å². The van der Waals surface area contributed by atoms with Crippen LogP contribution < -0.4 is 5.32 Å².